The minimum atomic E-state index is -0.615. The Hall–Kier alpha value is -5.27. The summed E-state index contributed by atoms with van der Waals surface area (Å²) in [7, 11) is 1.27. The van der Waals surface area contributed by atoms with Crippen molar-refractivity contribution in [2.24, 2.45) is 0 Å². The minimum absolute atomic E-state index is 0.0253. The first-order chi connectivity index (χ1) is 22.5. The van der Waals surface area contributed by atoms with Gasteiger partial charge in [0.25, 0.3) is 0 Å². The summed E-state index contributed by atoms with van der Waals surface area (Å²) in [5, 5.41) is 9.46. The molecule has 10 heteroatoms. The van der Waals surface area contributed by atoms with Gasteiger partial charge in [0.15, 0.2) is 5.82 Å². The minimum Gasteiger partial charge on any atom is -0.493 e. The number of esters is 1. The normalized spacial score (nSPS) is 15.8. The number of pyridine rings is 1. The molecule has 4 bridgehead atoms. The fourth-order valence-corrected chi connectivity index (χ4v) is 5.92. The molecule has 2 aliphatic heterocycles. The quantitative estimate of drug-likeness (QED) is 0.215. The topological polar surface area (TPSA) is 108 Å². The van der Waals surface area contributed by atoms with Crippen LogP contribution in [0, 0.1) is 17.1 Å². The van der Waals surface area contributed by atoms with Gasteiger partial charge in [0.1, 0.15) is 23.7 Å². The van der Waals surface area contributed by atoms with E-state index in [1.165, 1.54) is 7.11 Å². The van der Waals surface area contributed by atoms with E-state index < -0.39 is 11.8 Å². The third-order valence-corrected chi connectivity index (χ3v) is 8.48. The number of hydrogen-bond donors (Lipinski definition) is 0. The van der Waals surface area contributed by atoms with Crippen LogP contribution in [0.3, 0.4) is 0 Å². The second-order valence-electron chi connectivity index (χ2n) is 11.4. The van der Waals surface area contributed by atoms with E-state index >= 15 is 4.39 Å². The molecule has 1 fully saturated rings. The summed E-state index contributed by atoms with van der Waals surface area (Å²) in [4.78, 5) is 21.8. The number of aromatic nitrogens is 3. The lowest BCUT2D eigenvalue weighted by Gasteiger charge is -2.27. The number of nitriles is 1. The zero-order valence-corrected chi connectivity index (χ0v) is 25.3. The van der Waals surface area contributed by atoms with Gasteiger partial charge in [-0.25, -0.2) is 19.2 Å². The highest BCUT2D eigenvalue weighted by Gasteiger charge is 2.25. The lowest BCUT2D eigenvalue weighted by molar-refractivity contribution is -0.0589. The lowest BCUT2D eigenvalue weighted by Crippen LogP contribution is -2.31. The Morgan fingerprint density at radius 3 is 2.76 bits per heavy atom. The summed E-state index contributed by atoms with van der Waals surface area (Å²) >= 11 is 0. The van der Waals surface area contributed by atoms with Gasteiger partial charge in [-0.1, -0.05) is 24.3 Å². The van der Waals surface area contributed by atoms with Crippen LogP contribution in [-0.2, 0) is 35.5 Å². The first-order valence-electron chi connectivity index (χ1n) is 15.3. The molecule has 0 amide bonds. The van der Waals surface area contributed by atoms with Gasteiger partial charge in [-0.2, -0.15) is 5.26 Å². The summed E-state index contributed by atoms with van der Waals surface area (Å²) in [6, 6.07) is 22.2. The highest BCUT2D eigenvalue weighted by atomic mass is 19.1. The number of rotatable bonds is 5. The summed E-state index contributed by atoms with van der Waals surface area (Å²) in [5.41, 5.74) is 5.92. The second kappa shape index (κ2) is 12.6. The molecule has 7 rings (SSSR count). The average Bonchev–Trinajstić information content (AvgIpc) is 3.40. The molecule has 0 aliphatic carbocycles. The Balaban J connectivity index is 1.27. The fourth-order valence-electron chi connectivity index (χ4n) is 5.92. The van der Waals surface area contributed by atoms with Gasteiger partial charge < -0.3 is 23.5 Å². The predicted octanol–water partition coefficient (Wildman–Crippen LogP) is 6.18. The zero-order chi connectivity index (χ0) is 31.6. The van der Waals surface area contributed by atoms with E-state index in [1.54, 1.807) is 12.1 Å². The van der Waals surface area contributed by atoms with Crippen molar-refractivity contribution in [1.29, 1.82) is 5.26 Å². The molecule has 0 unspecified atom stereocenters. The van der Waals surface area contributed by atoms with Crippen molar-refractivity contribution < 1.29 is 28.1 Å². The molecule has 0 N–H and O–H groups in total. The molecule has 1 atom stereocenters. The Morgan fingerprint density at radius 1 is 1.07 bits per heavy atom. The Kier molecular flexibility index (Phi) is 8.07. The summed E-state index contributed by atoms with van der Waals surface area (Å²) in [6.45, 7) is 1.93. The van der Waals surface area contributed by atoms with Crippen LogP contribution in [0.15, 0.2) is 66.7 Å². The van der Waals surface area contributed by atoms with Crippen molar-refractivity contribution in [3.8, 4) is 29.0 Å². The number of fused-ring (bicyclic) bond motifs is 7. The van der Waals surface area contributed by atoms with Gasteiger partial charge in [0, 0.05) is 30.2 Å². The first kappa shape index (κ1) is 29.4. The van der Waals surface area contributed by atoms with Gasteiger partial charge >= 0.3 is 5.97 Å². The molecule has 9 nitrogen and oxygen atoms in total. The van der Waals surface area contributed by atoms with E-state index in [9.17, 15) is 10.1 Å². The number of halogens is 1. The maximum absolute atomic E-state index is 15.3. The van der Waals surface area contributed by atoms with E-state index in [4.69, 9.17) is 28.9 Å². The molecular weight excluding hydrogens is 587 g/mol. The Bertz CT molecular complexity index is 2000. The number of methoxy groups -OCH3 is 1. The van der Waals surface area contributed by atoms with Crippen LogP contribution in [0.4, 0.5) is 4.39 Å². The largest absolute Gasteiger partial charge is 0.493 e. The molecule has 232 valence electrons. The zero-order valence-electron chi connectivity index (χ0n) is 25.3. The number of imidazole rings is 1. The van der Waals surface area contributed by atoms with E-state index in [0.29, 0.717) is 74.2 Å². The van der Waals surface area contributed by atoms with E-state index in [2.05, 4.69) is 6.07 Å². The van der Waals surface area contributed by atoms with Gasteiger partial charge in [-0.05, 0) is 66.8 Å². The molecule has 0 radical (unpaired) electrons. The monoisotopic (exact) mass is 618 g/mol. The molecule has 0 spiro atoms. The van der Waals surface area contributed by atoms with Gasteiger partial charge in [-0.15, -0.1) is 0 Å². The Labute approximate surface area is 265 Å². The maximum Gasteiger partial charge on any atom is 0.338 e. The summed E-state index contributed by atoms with van der Waals surface area (Å²) < 4.78 is 40.3. The van der Waals surface area contributed by atoms with Crippen LogP contribution < -0.4 is 9.47 Å². The van der Waals surface area contributed by atoms with Crippen LogP contribution in [0.5, 0.6) is 11.6 Å². The predicted molar refractivity (Wildman–Crippen MR) is 167 cm³/mol. The number of hydrogen-bond acceptors (Lipinski definition) is 8. The van der Waals surface area contributed by atoms with E-state index in [1.807, 2.05) is 53.1 Å². The Morgan fingerprint density at radius 2 is 1.96 bits per heavy atom. The van der Waals surface area contributed by atoms with Crippen LogP contribution in [0.1, 0.15) is 51.3 Å². The van der Waals surface area contributed by atoms with Crippen LogP contribution in [-0.4, -0.2) is 46.9 Å². The SMILES string of the molecule is COC(=O)c1cc(F)c2nc(Cc3ccc4cc3OCCCc3cc(C#N)ccc3COc3cccc-4n3)n(C[C@@H]3CCO3)c2c1. The van der Waals surface area contributed by atoms with Crippen molar-refractivity contribution >= 4 is 17.0 Å². The highest BCUT2D eigenvalue weighted by molar-refractivity contribution is 5.94. The van der Waals surface area contributed by atoms with Crippen LogP contribution >= 0.6 is 0 Å². The van der Waals surface area contributed by atoms with Gasteiger partial charge in [-0.3, -0.25) is 0 Å². The van der Waals surface area contributed by atoms with Crippen LogP contribution in [0.25, 0.3) is 22.3 Å². The third kappa shape index (κ3) is 5.89. The van der Waals surface area contributed by atoms with E-state index in [0.717, 1.165) is 40.4 Å². The number of carbonyl (C=O) groups excluding carboxylic acids is 1. The molecule has 2 aromatic heterocycles. The highest BCUT2D eigenvalue weighted by Crippen LogP contribution is 2.32. The molecule has 0 saturated carbocycles. The number of carbonyl (C=O) groups is 1. The average molecular weight is 619 g/mol. The molecule has 2 aliphatic rings. The van der Waals surface area contributed by atoms with E-state index in [-0.39, 0.29) is 17.2 Å². The molecule has 1 saturated heterocycles. The number of ether oxygens (including phenoxy) is 4. The summed E-state index contributed by atoms with van der Waals surface area (Å²) in [6.07, 6.45) is 2.64. The van der Waals surface area contributed by atoms with Gasteiger partial charge in [0.05, 0.1) is 54.8 Å². The number of aryl methyl sites for hydroxylation is 1. The van der Waals surface area contributed by atoms with Gasteiger partial charge in [0.2, 0.25) is 5.88 Å². The molecule has 5 aromatic rings. The summed E-state index contributed by atoms with van der Waals surface area (Å²) in [5.74, 6) is 0.591. The van der Waals surface area contributed by atoms with Crippen molar-refractivity contribution in [3.05, 3.63) is 106 Å². The first-order valence-corrected chi connectivity index (χ1v) is 15.3. The smallest absolute Gasteiger partial charge is 0.338 e. The standard InChI is InChI=1S/C36H31FN4O5/c1-43-36(42)27-15-29(37)35-31(16-27)41(20-28-11-13-44-28)33(40-35)18-25-10-9-24-17-32(25)45-12-3-4-23-14-22(19-38)7-8-26(23)21-46-34-6-2-5-30(24)39-34/h2,5-10,14-17,28H,3-4,11-13,18,20-21H2,1H3/t28-/m0/s1. The van der Waals surface area contributed by atoms with Crippen molar-refractivity contribution in [2.75, 3.05) is 20.3 Å². The molecule has 3 aromatic carbocycles. The maximum atomic E-state index is 15.3. The number of benzene rings is 3. The molecular formula is C36H31FN4O5. The van der Waals surface area contributed by atoms with Crippen molar-refractivity contribution in [3.63, 3.8) is 0 Å². The third-order valence-electron chi connectivity index (χ3n) is 8.48. The van der Waals surface area contributed by atoms with Crippen molar-refractivity contribution in [2.45, 2.75) is 44.9 Å². The molecule has 4 heterocycles. The molecule has 46 heavy (non-hydrogen) atoms. The number of nitrogens with zero attached hydrogens (tertiary/aromatic N) is 4. The fraction of sp³-hybridized carbons (Fsp3) is 0.278. The lowest BCUT2D eigenvalue weighted by atomic mass is 10.0. The van der Waals surface area contributed by atoms with Crippen molar-refractivity contribution in [1.82, 2.24) is 14.5 Å². The second-order valence-corrected chi connectivity index (χ2v) is 11.4. The van der Waals surface area contributed by atoms with Crippen LogP contribution in [0.2, 0.25) is 0 Å².